The quantitative estimate of drug-likeness (QED) is 0.911. The molecule has 2 aromatic rings. The molecule has 1 atom stereocenters. The van der Waals surface area contributed by atoms with Gasteiger partial charge in [0.15, 0.2) is 0 Å². The number of piperidine rings is 1. The number of pyridine rings is 1. The summed E-state index contributed by atoms with van der Waals surface area (Å²) >= 11 is 0. The molecule has 0 bridgehead atoms. The maximum Gasteiger partial charge on any atom is 0.240 e. The van der Waals surface area contributed by atoms with Gasteiger partial charge < -0.3 is 10.6 Å². The highest BCUT2D eigenvalue weighted by Gasteiger charge is 2.33. The monoisotopic (exact) mass is 297 g/mol. The molecule has 1 aromatic carbocycles. The predicted octanol–water partition coefficient (Wildman–Crippen LogP) is 2.43. The average molecular weight is 297 g/mol. The number of hydrogen-bond acceptors (Lipinski definition) is 3. The molecule has 4 nitrogen and oxygen atoms in total. The Morgan fingerprint density at radius 2 is 2.18 bits per heavy atom. The number of para-hydroxylation sites is 1. The van der Waals surface area contributed by atoms with Gasteiger partial charge in [-0.05, 0) is 50.8 Å². The van der Waals surface area contributed by atoms with Gasteiger partial charge in [0.1, 0.15) is 0 Å². The molecule has 1 aliphatic heterocycles. The highest BCUT2D eigenvalue weighted by molar-refractivity contribution is 5.86. The van der Waals surface area contributed by atoms with E-state index in [1.165, 1.54) is 5.56 Å². The van der Waals surface area contributed by atoms with Crippen molar-refractivity contribution in [2.24, 2.45) is 0 Å². The number of aromatic nitrogens is 1. The molecule has 1 amide bonds. The molecule has 4 heteroatoms. The van der Waals surface area contributed by atoms with Gasteiger partial charge in [-0.2, -0.15) is 0 Å². The summed E-state index contributed by atoms with van der Waals surface area (Å²) in [5, 5.41) is 7.57. The van der Waals surface area contributed by atoms with Crippen LogP contribution in [0, 0.1) is 0 Å². The lowest BCUT2D eigenvalue weighted by Crippen LogP contribution is -2.57. The zero-order valence-electron chi connectivity index (χ0n) is 13.1. The summed E-state index contributed by atoms with van der Waals surface area (Å²) in [5.74, 6) is 0.111. The first kappa shape index (κ1) is 15.0. The van der Waals surface area contributed by atoms with Gasteiger partial charge in [0.25, 0.3) is 0 Å². The molecule has 116 valence electrons. The second kappa shape index (κ2) is 6.44. The van der Waals surface area contributed by atoms with Crippen LogP contribution in [-0.4, -0.2) is 29.5 Å². The van der Waals surface area contributed by atoms with Crippen LogP contribution in [0.15, 0.2) is 36.5 Å². The third-order valence-corrected chi connectivity index (χ3v) is 4.52. The molecule has 1 aliphatic rings. The van der Waals surface area contributed by atoms with Crippen LogP contribution >= 0.6 is 0 Å². The summed E-state index contributed by atoms with van der Waals surface area (Å²) in [6.45, 7) is 3.57. The minimum absolute atomic E-state index is 0.111. The maximum absolute atomic E-state index is 12.4. The molecule has 0 saturated carbocycles. The van der Waals surface area contributed by atoms with Gasteiger partial charge in [-0.25, -0.2) is 0 Å². The molecule has 3 rings (SSSR count). The maximum atomic E-state index is 12.4. The Bertz CT molecular complexity index is 657. The van der Waals surface area contributed by atoms with Crippen molar-refractivity contribution in [3.63, 3.8) is 0 Å². The summed E-state index contributed by atoms with van der Waals surface area (Å²) in [5.41, 5.74) is 1.80. The van der Waals surface area contributed by atoms with Crippen LogP contribution in [0.4, 0.5) is 0 Å². The largest absolute Gasteiger partial charge is 0.354 e. The van der Waals surface area contributed by atoms with Crippen molar-refractivity contribution in [3.05, 3.63) is 42.1 Å². The van der Waals surface area contributed by atoms with E-state index in [4.69, 9.17) is 0 Å². The highest BCUT2D eigenvalue weighted by Crippen LogP contribution is 2.19. The number of rotatable bonds is 4. The Morgan fingerprint density at radius 1 is 1.32 bits per heavy atom. The minimum Gasteiger partial charge on any atom is -0.354 e. The van der Waals surface area contributed by atoms with E-state index in [1.807, 2.05) is 25.3 Å². The summed E-state index contributed by atoms with van der Waals surface area (Å²) in [4.78, 5) is 16.8. The lowest BCUT2D eigenvalue weighted by molar-refractivity contribution is -0.127. The number of fused-ring (bicyclic) bond motifs is 1. The molecule has 1 saturated heterocycles. The number of benzene rings is 1. The van der Waals surface area contributed by atoms with Crippen LogP contribution < -0.4 is 10.6 Å². The van der Waals surface area contributed by atoms with Crippen LogP contribution in [0.1, 0.15) is 31.7 Å². The molecule has 0 radical (unpaired) electrons. The molecule has 0 aliphatic carbocycles. The van der Waals surface area contributed by atoms with E-state index in [1.54, 1.807) is 0 Å². The number of hydrogen-bond donors (Lipinski definition) is 2. The predicted molar refractivity (Wildman–Crippen MR) is 88.7 cm³/mol. The second-order valence-corrected chi connectivity index (χ2v) is 6.21. The fourth-order valence-electron chi connectivity index (χ4n) is 3.12. The van der Waals surface area contributed by atoms with E-state index in [0.29, 0.717) is 6.54 Å². The zero-order valence-corrected chi connectivity index (χ0v) is 13.1. The fourth-order valence-corrected chi connectivity index (χ4v) is 3.12. The Hall–Kier alpha value is -1.94. The van der Waals surface area contributed by atoms with Crippen LogP contribution in [0.5, 0.6) is 0 Å². The number of carbonyl (C=O) groups excluding carboxylic acids is 1. The van der Waals surface area contributed by atoms with E-state index in [2.05, 4.69) is 33.8 Å². The van der Waals surface area contributed by atoms with Gasteiger partial charge in [0.2, 0.25) is 5.91 Å². The number of nitrogens with one attached hydrogen (secondary N) is 2. The molecule has 1 aromatic heterocycles. The Balaban J connectivity index is 1.61. The fraction of sp³-hybridized carbons (Fsp3) is 0.444. The Kier molecular flexibility index (Phi) is 4.39. The van der Waals surface area contributed by atoms with Gasteiger partial charge in [0, 0.05) is 18.1 Å². The standard InChI is InChI=1S/C18H23N3O/c1-18(10-2-3-12-21-18)17(22)20-13-9-15-7-4-6-14-8-5-11-19-16(14)15/h4-8,11,21H,2-3,9-10,12-13H2,1H3,(H,20,22). The number of carbonyl (C=O) groups is 1. The van der Waals surface area contributed by atoms with E-state index in [0.717, 1.165) is 43.1 Å². The minimum atomic E-state index is -0.407. The van der Waals surface area contributed by atoms with Gasteiger partial charge >= 0.3 is 0 Å². The van der Waals surface area contributed by atoms with Crippen molar-refractivity contribution in [3.8, 4) is 0 Å². The molecule has 2 N–H and O–H groups in total. The summed E-state index contributed by atoms with van der Waals surface area (Å²) in [7, 11) is 0. The SMILES string of the molecule is CC1(C(=O)NCCc2cccc3cccnc23)CCCCN1. The van der Waals surface area contributed by atoms with Gasteiger partial charge in [-0.15, -0.1) is 0 Å². The van der Waals surface area contributed by atoms with Gasteiger partial charge in [-0.1, -0.05) is 24.3 Å². The van der Waals surface area contributed by atoms with Crippen molar-refractivity contribution in [2.45, 2.75) is 38.1 Å². The van der Waals surface area contributed by atoms with Crippen LogP contribution in [0.2, 0.25) is 0 Å². The van der Waals surface area contributed by atoms with E-state index in [9.17, 15) is 4.79 Å². The number of amides is 1. The summed E-state index contributed by atoms with van der Waals surface area (Å²) in [6.07, 6.45) is 5.80. The third-order valence-electron chi connectivity index (χ3n) is 4.52. The molecule has 2 heterocycles. The highest BCUT2D eigenvalue weighted by atomic mass is 16.2. The second-order valence-electron chi connectivity index (χ2n) is 6.21. The molecule has 1 unspecified atom stereocenters. The molecule has 0 spiro atoms. The van der Waals surface area contributed by atoms with Crippen molar-refractivity contribution in [1.82, 2.24) is 15.6 Å². The van der Waals surface area contributed by atoms with Crippen molar-refractivity contribution < 1.29 is 4.79 Å². The first-order chi connectivity index (χ1) is 10.7. The van der Waals surface area contributed by atoms with Crippen LogP contribution in [0.25, 0.3) is 10.9 Å². The van der Waals surface area contributed by atoms with Crippen LogP contribution in [0.3, 0.4) is 0 Å². The molecule has 1 fully saturated rings. The van der Waals surface area contributed by atoms with E-state index < -0.39 is 5.54 Å². The third kappa shape index (κ3) is 3.12. The van der Waals surface area contributed by atoms with Gasteiger partial charge in [0.05, 0.1) is 11.1 Å². The molecule has 22 heavy (non-hydrogen) atoms. The van der Waals surface area contributed by atoms with Crippen molar-refractivity contribution >= 4 is 16.8 Å². The summed E-state index contributed by atoms with van der Waals surface area (Å²) < 4.78 is 0. The lowest BCUT2D eigenvalue weighted by Gasteiger charge is -2.33. The summed E-state index contributed by atoms with van der Waals surface area (Å²) in [6, 6.07) is 10.2. The van der Waals surface area contributed by atoms with Crippen molar-refractivity contribution in [2.75, 3.05) is 13.1 Å². The Labute approximate surface area is 131 Å². The first-order valence-corrected chi connectivity index (χ1v) is 8.05. The normalized spacial score (nSPS) is 21.7. The number of nitrogens with zero attached hydrogens (tertiary/aromatic N) is 1. The lowest BCUT2D eigenvalue weighted by atomic mass is 9.90. The van der Waals surface area contributed by atoms with Crippen molar-refractivity contribution in [1.29, 1.82) is 0 Å². The van der Waals surface area contributed by atoms with E-state index >= 15 is 0 Å². The van der Waals surface area contributed by atoms with Gasteiger partial charge in [-0.3, -0.25) is 9.78 Å². The topological polar surface area (TPSA) is 54.0 Å². The first-order valence-electron chi connectivity index (χ1n) is 8.05. The molecular weight excluding hydrogens is 274 g/mol. The zero-order chi connectivity index (χ0) is 15.4. The van der Waals surface area contributed by atoms with E-state index in [-0.39, 0.29) is 5.91 Å². The Morgan fingerprint density at radius 3 is 3.00 bits per heavy atom. The average Bonchev–Trinajstić information content (AvgIpc) is 2.55. The molecular formula is C18H23N3O. The smallest absolute Gasteiger partial charge is 0.240 e. The van der Waals surface area contributed by atoms with Crippen LogP contribution in [-0.2, 0) is 11.2 Å².